The highest BCUT2D eigenvalue weighted by Gasteiger charge is 2.69. The third-order valence-corrected chi connectivity index (χ3v) is 6.38. The zero-order chi connectivity index (χ0) is 19.1. The Hall–Kier alpha value is -3.16. The van der Waals surface area contributed by atoms with Crippen LogP contribution in [-0.4, -0.2) is 45.5 Å². The molecule has 1 spiro atoms. The first-order valence-corrected chi connectivity index (χ1v) is 9.50. The van der Waals surface area contributed by atoms with E-state index in [2.05, 4.69) is 9.97 Å². The predicted octanol–water partition coefficient (Wildman–Crippen LogP) is 2.62. The van der Waals surface area contributed by atoms with E-state index >= 15 is 0 Å². The zero-order valence-corrected chi connectivity index (χ0v) is 15.3. The van der Waals surface area contributed by atoms with Crippen LogP contribution in [0.4, 0.5) is 10.6 Å². The standard InChI is InChI=1S/C20H18N4O4/c1-2-20-10-23(20)18(26)24(17(20)25)14-8-22-15(9-21-14)28-13-5-3-4-12-16(13)19(6-7-19)11-27-12/h3-5,8-9H,2,6-7,10-11H2,1H3/t20-,23?/m0/s1. The maximum atomic E-state index is 12.6. The Morgan fingerprint density at radius 2 is 2.07 bits per heavy atom. The number of carbonyl (C=O) groups excluding carboxylic acids is 2. The molecule has 3 fully saturated rings. The van der Waals surface area contributed by atoms with Crippen LogP contribution in [0, 0.1) is 0 Å². The number of urea groups is 1. The van der Waals surface area contributed by atoms with Gasteiger partial charge in [-0.2, -0.15) is 0 Å². The van der Waals surface area contributed by atoms with Gasteiger partial charge in [-0.05, 0) is 31.4 Å². The molecule has 0 bridgehead atoms. The molecule has 6 rings (SSSR count). The van der Waals surface area contributed by atoms with Crippen molar-refractivity contribution in [1.29, 1.82) is 0 Å². The Kier molecular flexibility index (Phi) is 2.83. The van der Waals surface area contributed by atoms with E-state index in [1.54, 1.807) is 4.90 Å². The lowest BCUT2D eigenvalue weighted by molar-refractivity contribution is -0.119. The van der Waals surface area contributed by atoms with Crippen molar-refractivity contribution in [2.45, 2.75) is 37.1 Å². The van der Waals surface area contributed by atoms with E-state index in [0.717, 1.165) is 34.8 Å². The van der Waals surface area contributed by atoms with Crippen LogP contribution in [0.1, 0.15) is 31.7 Å². The fourth-order valence-electron chi connectivity index (χ4n) is 4.39. The van der Waals surface area contributed by atoms with Crippen LogP contribution in [0.15, 0.2) is 30.6 Å². The molecule has 1 saturated carbocycles. The second kappa shape index (κ2) is 5.01. The van der Waals surface area contributed by atoms with E-state index in [9.17, 15) is 9.59 Å². The van der Waals surface area contributed by atoms with Gasteiger partial charge in [0.05, 0.1) is 25.5 Å². The summed E-state index contributed by atoms with van der Waals surface area (Å²) in [6.07, 6.45) is 5.65. The van der Waals surface area contributed by atoms with Crippen molar-refractivity contribution < 1.29 is 19.1 Å². The van der Waals surface area contributed by atoms with E-state index in [-0.39, 0.29) is 23.2 Å². The number of aromatic nitrogens is 2. The minimum Gasteiger partial charge on any atom is -0.492 e. The molecular weight excluding hydrogens is 360 g/mol. The van der Waals surface area contributed by atoms with Gasteiger partial charge in [0.1, 0.15) is 17.0 Å². The largest absolute Gasteiger partial charge is 0.492 e. The third kappa shape index (κ3) is 1.89. The number of fused-ring (bicyclic) bond motifs is 3. The minimum absolute atomic E-state index is 0.0810. The molecular formula is C20H18N4O4. The van der Waals surface area contributed by atoms with Crippen LogP contribution in [-0.2, 0) is 10.2 Å². The van der Waals surface area contributed by atoms with E-state index in [0.29, 0.717) is 25.5 Å². The number of hydrogen-bond acceptors (Lipinski definition) is 6. The lowest BCUT2D eigenvalue weighted by Crippen LogP contribution is -2.38. The highest BCUT2D eigenvalue weighted by molar-refractivity contribution is 6.26. The monoisotopic (exact) mass is 378 g/mol. The molecule has 4 aliphatic rings. The summed E-state index contributed by atoms with van der Waals surface area (Å²) in [6, 6.07) is 5.43. The Morgan fingerprint density at radius 1 is 1.21 bits per heavy atom. The smallest absolute Gasteiger partial charge is 0.333 e. The number of nitrogens with zero attached hydrogens (tertiary/aromatic N) is 4. The molecule has 8 heteroatoms. The lowest BCUT2D eigenvalue weighted by atomic mass is 9.97. The van der Waals surface area contributed by atoms with E-state index in [1.165, 1.54) is 12.4 Å². The second-order valence-electron chi connectivity index (χ2n) is 7.91. The van der Waals surface area contributed by atoms with E-state index in [4.69, 9.17) is 9.47 Å². The maximum absolute atomic E-state index is 12.6. The van der Waals surface area contributed by atoms with Gasteiger partial charge in [-0.25, -0.2) is 19.7 Å². The van der Waals surface area contributed by atoms with Gasteiger partial charge in [-0.15, -0.1) is 0 Å². The average molecular weight is 378 g/mol. The molecule has 8 nitrogen and oxygen atoms in total. The van der Waals surface area contributed by atoms with Crippen LogP contribution in [0.25, 0.3) is 0 Å². The highest BCUT2D eigenvalue weighted by Crippen LogP contribution is 2.58. The average Bonchev–Trinajstić information content (AvgIpc) is 3.59. The molecule has 1 aromatic carbocycles. The van der Waals surface area contributed by atoms with E-state index in [1.807, 2.05) is 25.1 Å². The van der Waals surface area contributed by atoms with Crippen molar-refractivity contribution in [3.8, 4) is 17.4 Å². The summed E-state index contributed by atoms with van der Waals surface area (Å²) in [5, 5.41) is 0. The molecule has 0 N–H and O–H groups in total. The maximum Gasteiger partial charge on any atom is 0.333 e. The van der Waals surface area contributed by atoms with Crippen molar-refractivity contribution in [3.05, 3.63) is 36.2 Å². The number of hydrogen-bond donors (Lipinski definition) is 0. The number of anilines is 1. The summed E-state index contributed by atoms with van der Waals surface area (Å²) < 4.78 is 11.8. The fourth-order valence-corrected chi connectivity index (χ4v) is 4.39. The molecule has 4 heterocycles. The number of ether oxygens (including phenoxy) is 2. The normalized spacial score (nSPS) is 25.6. The Morgan fingerprint density at radius 3 is 2.75 bits per heavy atom. The molecule has 0 radical (unpaired) electrons. The lowest BCUT2D eigenvalue weighted by Gasteiger charge is -2.16. The molecule has 3 amide bonds. The van der Waals surface area contributed by atoms with Gasteiger partial charge in [0.2, 0.25) is 5.88 Å². The van der Waals surface area contributed by atoms with Gasteiger partial charge in [0.25, 0.3) is 5.91 Å². The van der Waals surface area contributed by atoms with Crippen LogP contribution >= 0.6 is 0 Å². The Balaban J connectivity index is 1.27. The summed E-state index contributed by atoms with van der Waals surface area (Å²) >= 11 is 0. The van der Waals surface area contributed by atoms with Crippen LogP contribution < -0.4 is 14.4 Å². The summed E-state index contributed by atoms with van der Waals surface area (Å²) in [6.45, 7) is 3.10. The van der Waals surface area contributed by atoms with Gasteiger partial charge in [-0.1, -0.05) is 13.0 Å². The van der Waals surface area contributed by atoms with Gasteiger partial charge in [0.15, 0.2) is 5.82 Å². The van der Waals surface area contributed by atoms with Crippen molar-refractivity contribution in [2.24, 2.45) is 0 Å². The molecule has 28 heavy (non-hydrogen) atoms. The molecule has 3 aliphatic heterocycles. The van der Waals surface area contributed by atoms with Crippen LogP contribution in [0.2, 0.25) is 0 Å². The minimum atomic E-state index is -0.670. The first-order valence-electron chi connectivity index (χ1n) is 9.50. The number of amides is 3. The quantitative estimate of drug-likeness (QED) is 0.601. The zero-order valence-electron chi connectivity index (χ0n) is 15.3. The summed E-state index contributed by atoms with van der Waals surface area (Å²) in [5.41, 5.74) is 0.512. The summed E-state index contributed by atoms with van der Waals surface area (Å²) in [4.78, 5) is 36.3. The number of rotatable bonds is 4. The number of carbonyl (C=O) groups is 2. The van der Waals surface area contributed by atoms with Gasteiger partial charge in [-0.3, -0.25) is 4.79 Å². The Bertz CT molecular complexity index is 1030. The van der Waals surface area contributed by atoms with Gasteiger partial charge < -0.3 is 14.4 Å². The fraction of sp³-hybridized carbons (Fsp3) is 0.400. The van der Waals surface area contributed by atoms with Gasteiger partial charge >= 0.3 is 6.03 Å². The first-order chi connectivity index (χ1) is 13.6. The highest BCUT2D eigenvalue weighted by atomic mass is 16.5. The molecule has 1 atom stereocenters. The molecule has 142 valence electrons. The van der Waals surface area contributed by atoms with Crippen molar-refractivity contribution >= 4 is 17.8 Å². The molecule has 1 aromatic heterocycles. The van der Waals surface area contributed by atoms with Gasteiger partial charge in [0, 0.05) is 11.0 Å². The predicted molar refractivity (Wildman–Crippen MR) is 97.6 cm³/mol. The first kappa shape index (κ1) is 15.9. The Labute approximate surface area is 161 Å². The number of benzene rings is 1. The van der Waals surface area contributed by atoms with E-state index < -0.39 is 5.54 Å². The third-order valence-electron chi connectivity index (χ3n) is 6.38. The molecule has 2 saturated heterocycles. The van der Waals surface area contributed by atoms with Crippen molar-refractivity contribution in [3.63, 3.8) is 0 Å². The van der Waals surface area contributed by atoms with Crippen molar-refractivity contribution in [1.82, 2.24) is 14.9 Å². The molecule has 2 aromatic rings. The van der Waals surface area contributed by atoms with Crippen molar-refractivity contribution in [2.75, 3.05) is 18.1 Å². The topological polar surface area (TPSA) is 84.6 Å². The second-order valence-corrected chi connectivity index (χ2v) is 7.91. The molecule has 0 unspecified atom stereocenters. The SMILES string of the molecule is CC[C@@]12CN1C(=O)N(c1cnc(Oc3cccc4c3C3(CC3)CO4)cn1)C2=O. The van der Waals surface area contributed by atoms with Crippen LogP contribution in [0.3, 0.4) is 0 Å². The van der Waals surface area contributed by atoms with Crippen LogP contribution in [0.5, 0.6) is 17.4 Å². The molecule has 1 aliphatic carbocycles. The number of imide groups is 1. The summed E-state index contributed by atoms with van der Waals surface area (Å²) in [7, 11) is 0. The summed E-state index contributed by atoms with van der Waals surface area (Å²) in [5.74, 6) is 1.90.